The molecule has 1 saturated heterocycles. The Balaban J connectivity index is 2.13. The van der Waals surface area contributed by atoms with Gasteiger partial charge in [0.05, 0.1) is 5.41 Å². The minimum atomic E-state index is -0.719. The number of aliphatic carboxylic acids is 1. The zero-order valence-corrected chi connectivity index (χ0v) is 13.1. The summed E-state index contributed by atoms with van der Waals surface area (Å²) in [6, 6.07) is 4.61. The standard InChI is InChI=1S/C15H19BrFNO2/c1-2-15(14(19)20)6-3-7-18(10-15)9-11-8-12(17)4-5-13(11)16/h4-5,8H,2-3,6-7,9-10H2,1H3,(H,19,20). The highest BCUT2D eigenvalue weighted by Crippen LogP contribution is 2.34. The summed E-state index contributed by atoms with van der Waals surface area (Å²) in [5, 5.41) is 9.48. The van der Waals surface area contributed by atoms with E-state index in [2.05, 4.69) is 20.8 Å². The SMILES string of the molecule is CCC1(C(=O)O)CCCN(Cc2cc(F)ccc2Br)C1. The van der Waals surface area contributed by atoms with Crippen LogP contribution in [0, 0.1) is 11.2 Å². The fourth-order valence-electron chi connectivity index (χ4n) is 2.88. The van der Waals surface area contributed by atoms with Crippen molar-refractivity contribution in [3.05, 3.63) is 34.1 Å². The average molecular weight is 344 g/mol. The van der Waals surface area contributed by atoms with Gasteiger partial charge in [-0.2, -0.15) is 0 Å². The van der Waals surface area contributed by atoms with E-state index in [1.807, 2.05) is 6.92 Å². The number of carboxylic acids is 1. The Bertz CT molecular complexity index is 509. The van der Waals surface area contributed by atoms with Gasteiger partial charge in [0.1, 0.15) is 5.82 Å². The van der Waals surface area contributed by atoms with Crippen molar-refractivity contribution < 1.29 is 14.3 Å². The summed E-state index contributed by atoms with van der Waals surface area (Å²) in [6.07, 6.45) is 2.22. The van der Waals surface area contributed by atoms with E-state index < -0.39 is 11.4 Å². The monoisotopic (exact) mass is 343 g/mol. The van der Waals surface area contributed by atoms with E-state index >= 15 is 0 Å². The predicted octanol–water partition coefficient (Wildman–Crippen LogP) is 3.67. The summed E-state index contributed by atoms with van der Waals surface area (Å²) in [5.74, 6) is -0.983. The minimum Gasteiger partial charge on any atom is -0.481 e. The Labute approximate surface area is 126 Å². The molecule has 2 rings (SSSR count). The molecule has 5 heteroatoms. The molecule has 1 N–H and O–H groups in total. The third-order valence-electron chi connectivity index (χ3n) is 4.19. The van der Waals surface area contributed by atoms with Crippen molar-refractivity contribution in [3.8, 4) is 0 Å². The van der Waals surface area contributed by atoms with Gasteiger partial charge in [0.25, 0.3) is 0 Å². The van der Waals surface area contributed by atoms with Gasteiger partial charge in [0.15, 0.2) is 0 Å². The molecule has 1 aromatic rings. The van der Waals surface area contributed by atoms with Crippen molar-refractivity contribution in [2.24, 2.45) is 5.41 Å². The highest BCUT2D eigenvalue weighted by Gasteiger charge is 2.40. The third-order valence-corrected chi connectivity index (χ3v) is 4.96. The van der Waals surface area contributed by atoms with Crippen molar-refractivity contribution in [1.82, 2.24) is 4.90 Å². The lowest BCUT2D eigenvalue weighted by Crippen LogP contribution is -2.47. The maximum atomic E-state index is 13.3. The topological polar surface area (TPSA) is 40.5 Å². The van der Waals surface area contributed by atoms with Gasteiger partial charge in [0, 0.05) is 17.6 Å². The molecule has 0 aromatic heterocycles. The van der Waals surface area contributed by atoms with E-state index in [1.165, 1.54) is 12.1 Å². The van der Waals surface area contributed by atoms with Gasteiger partial charge in [-0.15, -0.1) is 0 Å². The van der Waals surface area contributed by atoms with Crippen LogP contribution in [-0.4, -0.2) is 29.1 Å². The summed E-state index contributed by atoms with van der Waals surface area (Å²) in [6.45, 7) is 3.89. The van der Waals surface area contributed by atoms with Crippen LogP contribution in [0.2, 0.25) is 0 Å². The second-order valence-corrected chi connectivity index (χ2v) is 6.34. The predicted molar refractivity (Wildman–Crippen MR) is 79.0 cm³/mol. The molecule has 110 valence electrons. The maximum Gasteiger partial charge on any atom is 0.310 e. The number of nitrogens with zero attached hydrogens (tertiary/aromatic N) is 1. The molecule has 1 aromatic carbocycles. The molecule has 1 aliphatic heterocycles. The average Bonchev–Trinajstić information content (AvgIpc) is 2.43. The number of hydrogen-bond acceptors (Lipinski definition) is 2. The molecular formula is C15H19BrFNO2. The first-order valence-electron chi connectivity index (χ1n) is 6.86. The lowest BCUT2D eigenvalue weighted by atomic mass is 9.77. The molecule has 0 radical (unpaired) electrons. The molecule has 20 heavy (non-hydrogen) atoms. The van der Waals surface area contributed by atoms with Crippen molar-refractivity contribution in [2.45, 2.75) is 32.7 Å². The smallest absolute Gasteiger partial charge is 0.310 e. The van der Waals surface area contributed by atoms with Crippen LogP contribution in [0.25, 0.3) is 0 Å². The van der Waals surface area contributed by atoms with Crippen LogP contribution in [0.4, 0.5) is 4.39 Å². The van der Waals surface area contributed by atoms with E-state index in [0.717, 1.165) is 29.4 Å². The number of halogens is 2. The van der Waals surface area contributed by atoms with Crippen LogP contribution in [-0.2, 0) is 11.3 Å². The van der Waals surface area contributed by atoms with Crippen molar-refractivity contribution in [1.29, 1.82) is 0 Å². The number of benzene rings is 1. The van der Waals surface area contributed by atoms with Crippen LogP contribution in [0.1, 0.15) is 31.7 Å². The Morgan fingerprint density at radius 1 is 1.55 bits per heavy atom. The summed E-state index contributed by atoms with van der Waals surface area (Å²) in [5.41, 5.74) is 0.209. The minimum absolute atomic E-state index is 0.264. The van der Waals surface area contributed by atoms with Crippen LogP contribution in [0.3, 0.4) is 0 Å². The molecule has 0 bridgehead atoms. The van der Waals surface area contributed by atoms with Crippen LogP contribution < -0.4 is 0 Å². The van der Waals surface area contributed by atoms with E-state index in [1.54, 1.807) is 6.07 Å². The number of carboxylic acid groups (broad SMARTS) is 1. The number of hydrogen-bond donors (Lipinski definition) is 1. The highest BCUT2D eigenvalue weighted by molar-refractivity contribution is 9.10. The summed E-state index contributed by atoms with van der Waals surface area (Å²) in [7, 11) is 0. The molecular weight excluding hydrogens is 325 g/mol. The molecule has 1 unspecified atom stereocenters. The Morgan fingerprint density at radius 2 is 2.30 bits per heavy atom. The quantitative estimate of drug-likeness (QED) is 0.906. The zero-order chi connectivity index (χ0) is 14.8. The van der Waals surface area contributed by atoms with E-state index in [0.29, 0.717) is 19.5 Å². The lowest BCUT2D eigenvalue weighted by molar-refractivity contribution is -0.153. The molecule has 0 spiro atoms. The first kappa shape index (κ1) is 15.4. The number of carbonyl (C=O) groups is 1. The van der Waals surface area contributed by atoms with Crippen LogP contribution in [0.15, 0.2) is 22.7 Å². The van der Waals surface area contributed by atoms with Gasteiger partial charge in [0.2, 0.25) is 0 Å². The molecule has 3 nitrogen and oxygen atoms in total. The Morgan fingerprint density at radius 3 is 2.95 bits per heavy atom. The number of rotatable bonds is 4. The van der Waals surface area contributed by atoms with Gasteiger partial charge in [-0.25, -0.2) is 4.39 Å². The largest absolute Gasteiger partial charge is 0.481 e. The summed E-state index contributed by atoms with van der Waals surface area (Å²) in [4.78, 5) is 13.6. The molecule has 0 aliphatic carbocycles. The maximum absolute atomic E-state index is 13.3. The Kier molecular flexibility index (Phi) is 4.81. The van der Waals surface area contributed by atoms with Gasteiger partial charge in [-0.1, -0.05) is 22.9 Å². The van der Waals surface area contributed by atoms with Gasteiger partial charge < -0.3 is 5.11 Å². The first-order valence-corrected chi connectivity index (χ1v) is 7.66. The molecule has 1 atom stereocenters. The van der Waals surface area contributed by atoms with Crippen molar-refractivity contribution in [3.63, 3.8) is 0 Å². The normalized spacial score (nSPS) is 23.8. The molecule has 0 saturated carbocycles. The summed E-state index contributed by atoms with van der Waals surface area (Å²) >= 11 is 3.42. The Hall–Kier alpha value is -0.940. The van der Waals surface area contributed by atoms with Gasteiger partial charge in [-0.05, 0) is 49.6 Å². The zero-order valence-electron chi connectivity index (χ0n) is 11.5. The number of piperidine rings is 1. The van der Waals surface area contributed by atoms with Crippen molar-refractivity contribution in [2.75, 3.05) is 13.1 Å². The third kappa shape index (κ3) is 3.20. The molecule has 1 aliphatic rings. The highest BCUT2D eigenvalue weighted by atomic mass is 79.9. The van der Waals surface area contributed by atoms with E-state index in [4.69, 9.17) is 0 Å². The van der Waals surface area contributed by atoms with E-state index in [9.17, 15) is 14.3 Å². The van der Waals surface area contributed by atoms with Gasteiger partial charge in [-0.3, -0.25) is 9.69 Å². The van der Waals surface area contributed by atoms with E-state index in [-0.39, 0.29) is 5.82 Å². The molecule has 0 amide bonds. The lowest BCUT2D eigenvalue weighted by Gasteiger charge is -2.39. The fraction of sp³-hybridized carbons (Fsp3) is 0.533. The van der Waals surface area contributed by atoms with Crippen LogP contribution >= 0.6 is 15.9 Å². The fourth-order valence-corrected chi connectivity index (χ4v) is 3.25. The molecule has 1 heterocycles. The second-order valence-electron chi connectivity index (χ2n) is 5.49. The van der Waals surface area contributed by atoms with Crippen molar-refractivity contribution >= 4 is 21.9 Å². The van der Waals surface area contributed by atoms with Gasteiger partial charge >= 0.3 is 5.97 Å². The second kappa shape index (κ2) is 6.22. The molecule has 1 fully saturated rings. The first-order chi connectivity index (χ1) is 9.47. The number of likely N-dealkylation sites (tertiary alicyclic amines) is 1. The van der Waals surface area contributed by atoms with Crippen LogP contribution in [0.5, 0.6) is 0 Å². The summed E-state index contributed by atoms with van der Waals surface area (Å²) < 4.78 is 14.2.